The van der Waals surface area contributed by atoms with E-state index in [9.17, 15) is 14.0 Å². The number of hydrogen-bond donors (Lipinski definition) is 3. The molecule has 0 radical (unpaired) electrons. The number of nitrogens with one attached hydrogen (secondary N) is 3. The number of benzene rings is 2. The molecule has 0 aromatic heterocycles. The van der Waals surface area contributed by atoms with Gasteiger partial charge in [0.25, 0.3) is 0 Å². The summed E-state index contributed by atoms with van der Waals surface area (Å²) >= 11 is 0. The molecule has 0 heterocycles. The molecule has 160 valence electrons. The van der Waals surface area contributed by atoms with Gasteiger partial charge >= 0.3 is 6.03 Å². The quantitative estimate of drug-likeness (QED) is 0.600. The number of anilines is 1. The van der Waals surface area contributed by atoms with E-state index in [0.717, 1.165) is 31.2 Å². The SMILES string of the molecule is COc1ccc(NC(=O)NCCC(=O)N[C@@H](c2ccc(F)cc2)C2CCCC2)cc1. The molecule has 1 fully saturated rings. The molecule has 2 aromatic carbocycles. The van der Waals surface area contributed by atoms with Crippen molar-refractivity contribution < 1.29 is 18.7 Å². The van der Waals surface area contributed by atoms with Crippen LogP contribution >= 0.6 is 0 Å². The Balaban J connectivity index is 1.47. The molecule has 0 bridgehead atoms. The van der Waals surface area contributed by atoms with Crippen molar-refractivity contribution in [1.29, 1.82) is 0 Å². The maximum atomic E-state index is 13.3. The zero-order chi connectivity index (χ0) is 21.3. The predicted molar refractivity (Wildman–Crippen MR) is 114 cm³/mol. The normalized spacial score (nSPS) is 14.7. The Morgan fingerprint density at radius 1 is 1.07 bits per heavy atom. The molecule has 1 aliphatic rings. The number of hydrogen-bond acceptors (Lipinski definition) is 3. The number of halogens is 1. The first-order chi connectivity index (χ1) is 14.5. The van der Waals surface area contributed by atoms with Gasteiger partial charge in [0, 0.05) is 18.7 Å². The Bertz CT molecular complexity index is 834. The van der Waals surface area contributed by atoms with Gasteiger partial charge in [-0.15, -0.1) is 0 Å². The molecule has 3 rings (SSSR count). The monoisotopic (exact) mass is 413 g/mol. The van der Waals surface area contributed by atoms with E-state index in [1.165, 1.54) is 12.1 Å². The van der Waals surface area contributed by atoms with Crippen molar-refractivity contribution in [3.63, 3.8) is 0 Å². The fourth-order valence-electron chi connectivity index (χ4n) is 3.82. The van der Waals surface area contributed by atoms with Crippen LogP contribution in [0.25, 0.3) is 0 Å². The first-order valence-corrected chi connectivity index (χ1v) is 10.3. The molecule has 1 saturated carbocycles. The van der Waals surface area contributed by atoms with Crippen molar-refractivity contribution in [2.24, 2.45) is 5.92 Å². The minimum atomic E-state index is -0.376. The van der Waals surface area contributed by atoms with Crippen LogP contribution in [0.2, 0.25) is 0 Å². The van der Waals surface area contributed by atoms with E-state index >= 15 is 0 Å². The van der Waals surface area contributed by atoms with Crippen LogP contribution in [-0.2, 0) is 4.79 Å². The summed E-state index contributed by atoms with van der Waals surface area (Å²) in [6.07, 6.45) is 4.55. The van der Waals surface area contributed by atoms with Crippen molar-refractivity contribution in [1.82, 2.24) is 10.6 Å². The lowest BCUT2D eigenvalue weighted by atomic mass is 9.91. The number of carbonyl (C=O) groups excluding carboxylic acids is 2. The molecule has 30 heavy (non-hydrogen) atoms. The van der Waals surface area contributed by atoms with E-state index in [0.29, 0.717) is 17.4 Å². The summed E-state index contributed by atoms with van der Waals surface area (Å²) in [7, 11) is 1.58. The highest BCUT2D eigenvalue weighted by molar-refractivity contribution is 5.89. The number of carbonyl (C=O) groups is 2. The van der Waals surface area contributed by atoms with E-state index in [1.54, 1.807) is 43.5 Å². The molecule has 0 spiro atoms. The summed E-state index contributed by atoms with van der Waals surface area (Å²) in [5.41, 5.74) is 1.55. The van der Waals surface area contributed by atoms with Gasteiger partial charge in [-0.25, -0.2) is 9.18 Å². The summed E-state index contributed by atoms with van der Waals surface area (Å²) in [5.74, 6) is 0.629. The summed E-state index contributed by atoms with van der Waals surface area (Å²) in [6.45, 7) is 0.217. The molecule has 1 atom stereocenters. The lowest BCUT2D eigenvalue weighted by Crippen LogP contribution is -2.36. The van der Waals surface area contributed by atoms with Crippen LogP contribution in [0.5, 0.6) is 5.75 Å². The Kier molecular flexibility index (Phi) is 7.65. The van der Waals surface area contributed by atoms with Gasteiger partial charge in [-0.3, -0.25) is 4.79 Å². The van der Waals surface area contributed by atoms with Crippen molar-refractivity contribution in [2.75, 3.05) is 19.0 Å². The van der Waals surface area contributed by atoms with E-state index in [4.69, 9.17) is 4.74 Å². The Morgan fingerprint density at radius 2 is 1.73 bits per heavy atom. The maximum Gasteiger partial charge on any atom is 0.319 e. The molecule has 7 heteroatoms. The van der Waals surface area contributed by atoms with E-state index in [-0.39, 0.29) is 36.8 Å². The second kappa shape index (κ2) is 10.6. The van der Waals surface area contributed by atoms with E-state index in [1.807, 2.05) is 0 Å². The van der Waals surface area contributed by atoms with Crippen LogP contribution < -0.4 is 20.7 Å². The number of urea groups is 1. The molecular weight excluding hydrogens is 385 g/mol. The number of ether oxygens (including phenoxy) is 1. The first-order valence-electron chi connectivity index (χ1n) is 10.3. The lowest BCUT2D eigenvalue weighted by molar-refractivity contribution is -0.122. The van der Waals surface area contributed by atoms with Gasteiger partial charge in [0.2, 0.25) is 5.91 Å². The first kappa shape index (κ1) is 21.6. The van der Waals surface area contributed by atoms with Crippen LogP contribution in [0.15, 0.2) is 48.5 Å². The lowest BCUT2D eigenvalue weighted by Gasteiger charge is -2.25. The second-order valence-electron chi connectivity index (χ2n) is 7.50. The minimum absolute atomic E-state index is 0.131. The third kappa shape index (κ3) is 6.20. The van der Waals surface area contributed by atoms with E-state index in [2.05, 4.69) is 16.0 Å². The number of methoxy groups -OCH3 is 1. The van der Waals surface area contributed by atoms with Crippen molar-refractivity contribution in [2.45, 2.75) is 38.1 Å². The Labute approximate surface area is 176 Å². The Morgan fingerprint density at radius 3 is 2.37 bits per heavy atom. The number of rotatable bonds is 8. The highest BCUT2D eigenvalue weighted by Crippen LogP contribution is 2.35. The fraction of sp³-hybridized carbons (Fsp3) is 0.391. The van der Waals surface area contributed by atoms with Crippen LogP contribution in [-0.4, -0.2) is 25.6 Å². The van der Waals surface area contributed by atoms with Crippen LogP contribution in [0.4, 0.5) is 14.9 Å². The average Bonchev–Trinajstić information content (AvgIpc) is 3.28. The Hall–Kier alpha value is -3.09. The van der Waals surface area contributed by atoms with Crippen molar-refractivity contribution in [3.05, 3.63) is 59.9 Å². The van der Waals surface area contributed by atoms with Gasteiger partial charge in [0.05, 0.1) is 13.2 Å². The van der Waals surface area contributed by atoms with Gasteiger partial charge in [0.15, 0.2) is 0 Å². The molecule has 0 unspecified atom stereocenters. The third-order valence-corrected chi connectivity index (χ3v) is 5.40. The van der Waals surface area contributed by atoms with Gasteiger partial charge < -0.3 is 20.7 Å². The molecule has 3 N–H and O–H groups in total. The minimum Gasteiger partial charge on any atom is -0.497 e. The van der Waals surface area contributed by atoms with E-state index < -0.39 is 0 Å². The summed E-state index contributed by atoms with van der Waals surface area (Å²) in [5, 5.41) is 8.48. The molecule has 0 aliphatic heterocycles. The van der Waals surface area contributed by atoms with Crippen LogP contribution in [0.3, 0.4) is 0 Å². The molecular formula is C23H28FN3O3. The van der Waals surface area contributed by atoms with Gasteiger partial charge in [-0.05, 0) is 60.7 Å². The standard InChI is InChI=1S/C23H28FN3O3/c1-30-20-12-10-19(11-13-20)26-23(29)25-15-14-21(28)27-22(16-4-2-3-5-16)17-6-8-18(24)9-7-17/h6-13,16,22H,2-5,14-15H2,1H3,(H,27,28)(H2,25,26,29)/t22-/m1/s1. The summed E-state index contributed by atoms with van der Waals surface area (Å²) in [4.78, 5) is 24.5. The largest absolute Gasteiger partial charge is 0.497 e. The van der Waals surface area contributed by atoms with Gasteiger partial charge in [-0.2, -0.15) is 0 Å². The molecule has 1 aliphatic carbocycles. The van der Waals surface area contributed by atoms with Gasteiger partial charge in [-0.1, -0.05) is 25.0 Å². The zero-order valence-corrected chi connectivity index (χ0v) is 17.1. The third-order valence-electron chi connectivity index (χ3n) is 5.40. The van der Waals surface area contributed by atoms with Crippen LogP contribution in [0.1, 0.15) is 43.7 Å². The smallest absolute Gasteiger partial charge is 0.319 e. The average molecular weight is 413 g/mol. The van der Waals surface area contributed by atoms with Crippen molar-refractivity contribution >= 4 is 17.6 Å². The zero-order valence-electron chi connectivity index (χ0n) is 17.1. The highest BCUT2D eigenvalue weighted by atomic mass is 19.1. The molecule has 6 nitrogen and oxygen atoms in total. The topological polar surface area (TPSA) is 79.5 Å². The summed E-state index contributed by atoms with van der Waals surface area (Å²) < 4.78 is 18.4. The fourth-order valence-corrected chi connectivity index (χ4v) is 3.82. The highest BCUT2D eigenvalue weighted by Gasteiger charge is 2.27. The number of amides is 3. The second-order valence-corrected chi connectivity index (χ2v) is 7.50. The van der Waals surface area contributed by atoms with Gasteiger partial charge in [0.1, 0.15) is 11.6 Å². The molecule has 3 amide bonds. The van der Waals surface area contributed by atoms with Crippen molar-refractivity contribution in [3.8, 4) is 5.75 Å². The molecule has 0 saturated heterocycles. The molecule has 2 aromatic rings. The predicted octanol–water partition coefficient (Wildman–Crippen LogP) is 4.39. The summed E-state index contributed by atoms with van der Waals surface area (Å²) in [6, 6.07) is 12.8. The maximum absolute atomic E-state index is 13.3. The van der Waals surface area contributed by atoms with Crippen LogP contribution in [0, 0.1) is 11.7 Å².